The van der Waals surface area contributed by atoms with Gasteiger partial charge in [0.25, 0.3) is 0 Å². The van der Waals surface area contributed by atoms with Gasteiger partial charge in [-0.1, -0.05) is 30.3 Å². The molecule has 0 aliphatic carbocycles. The SMILES string of the molecule is C[C@@H]1CC[C@@H](CCC(=O)O)CN1C(=O)OCc1ccccc1. The van der Waals surface area contributed by atoms with Crippen LogP contribution in [-0.4, -0.2) is 34.7 Å². The van der Waals surface area contributed by atoms with Crippen LogP contribution in [0, 0.1) is 5.92 Å². The van der Waals surface area contributed by atoms with Gasteiger partial charge in [-0.25, -0.2) is 4.79 Å². The Balaban J connectivity index is 1.85. The Morgan fingerprint density at radius 3 is 2.68 bits per heavy atom. The molecule has 1 N–H and O–H groups in total. The number of hydrogen-bond acceptors (Lipinski definition) is 3. The predicted molar refractivity (Wildman–Crippen MR) is 82.4 cm³/mol. The van der Waals surface area contributed by atoms with Crippen LogP contribution in [0.5, 0.6) is 0 Å². The van der Waals surface area contributed by atoms with Crippen LogP contribution in [0.25, 0.3) is 0 Å². The van der Waals surface area contributed by atoms with Gasteiger partial charge in [0.2, 0.25) is 0 Å². The lowest BCUT2D eigenvalue weighted by atomic mass is 9.90. The summed E-state index contributed by atoms with van der Waals surface area (Å²) in [5.74, 6) is -0.534. The van der Waals surface area contributed by atoms with E-state index in [1.165, 1.54) is 0 Å². The van der Waals surface area contributed by atoms with Gasteiger partial charge < -0.3 is 14.7 Å². The molecule has 1 heterocycles. The molecule has 0 unspecified atom stereocenters. The fourth-order valence-corrected chi connectivity index (χ4v) is 2.80. The highest BCUT2D eigenvalue weighted by Crippen LogP contribution is 2.26. The van der Waals surface area contributed by atoms with E-state index in [1.807, 2.05) is 37.3 Å². The Hall–Kier alpha value is -2.04. The van der Waals surface area contributed by atoms with E-state index >= 15 is 0 Å². The first-order chi connectivity index (χ1) is 10.6. The molecule has 0 radical (unpaired) electrons. The third-order valence-electron chi connectivity index (χ3n) is 4.19. The van der Waals surface area contributed by atoms with Crippen molar-refractivity contribution < 1.29 is 19.4 Å². The molecule has 2 atom stereocenters. The number of carboxylic acid groups (broad SMARTS) is 1. The number of benzene rings is 1. The largest absolute Gasteiger partial charge is 0.481 e. The highest BCUT2D eigenvalue weighted by molar-refractivity contribution is 5.68. The number of carboxylic acids is 1. The molecule has 0 aromatic heterocycles. The second kappa shape index (κ2) is 7.82. The average molecular weight is 305 g/mol. The van der Waals surface area contributed by atoms with Gasteiger partial charge in [-0.3, -0.25) is 4.79 Å². The van der Waals surface area contributed by atoms with Crippen molar-refractivity contribution >= 4 is 12.1 Å². The van der Waals surface area contributed by atoms with E-state index in [0.29, 0.717) is 13.0 Å². The summed E-state index contributed by atoms with van der Waals surface area (Å²) in [6.45, 7) is 2.86. The zero-order valence-electron chi connectivity index (χ0n) is 12.9. The number of rotatable bonds is 5. The molecule has 1 aliphatic heterocycles. The topological polar surface area (TPSA) is 66.8 Å². The van der Waals surface area contributed by atoms with Crippen molar-refractivity contribution in [1.82, 2.24) is 4.90 Å². The molecule has 0 saturated carbocycles. The van der Waals surface area contributed by atoms with Crippen LogP contribution in [0.15, 0.2) is 30.3 Å². The average Bonchev–Trinajstić information content (AvgIpc) is 2.52. The van der Waals surface area contributed by atoms with Crippen molar-refractivity contribution in [2.75, 3.05) is 6.54 Å². The third kappa shape index (κ3) is 4.76. The maximum atomic E-state index is 12.3. The maximum absolute atomic E-state index is 12.3. The number of carbonyl (C=O) groups is 2. The summed E-state index contributed by atoms with van der Waals surface area (Å²) in [5.41, 5.74) is 0.961. The van der Waals surface area contributed by atoms with Gasteiger partial charge in [0.05, 0.1) is 0 Å². The maximum Gasteiger partial charge on any atom is 0.410 e. The number of carbonyl (C=O) groups excluding carboxylic acids is 1. The monoisotopic (exact) mass is 305 g/mol. The minimum atomic E-state index is -0.781. The van der Waals surface area contributed by atoms with Gasteiger partial charge in [-0.2, -0.15) is 0 Å². The van der Waals surface area contributed by atoms with E-state index in [9.17, 15) is 9.59 Å². The lowest BCUT2D eigenvalue weighted by Crippen LogP contribution is -2.45. The Kier molecular flexibility index (Phi) is 5.81. The van der Waals surface area contributed by atoms with Crippen LogP contribution in [0.2, 0.25) is 0 Å². The van der Waals surface area contributed by atoms with Crippen molar-refractivity contribution in [3.63, 3.8) is 0 Å². The van der Waals surface area contributed by atoms with Crippen LogP contribution in [0.4, 0.5) is 4.79 Å². The summed E-state index contributed by atoms with van der Waals surface area (Å²) in [6, 6.07) is 9.73. The smallest absolute Gasteiger partial charge is 0.410 e. The van der Waals surface area contributed by atoms with Crippen molar-refractivity contribution in [3.8, 4) is 0 Å². The molecule has 1 saturated heterocycles. The normalized spacial score (nSPS) is 21.4. The minimum absolute atomic E-state index is 0.143. The zero-order chi connectivity index (χ0) is 15.9. The standard InChI is InChI=1S/C17H23NO4/c1-13-7-8-14(9-10-16(19)20)11-18(13)17(21)22-12-15-5-3-2-4-6-15/h2-6,13-14H,7-12H2,1H3,(H,19,20)/t13-,14+/m1/s1. The van der Waals surface area contributed by atoms with Crippen molar-refractivity contribution in [2.24, 2.45) is 5.92 Å². The lowest BCUT2D eigenvalue weighted by molar-refractivity contribution is -0.137. The molecular weight excluding hydrogens is 282 g/mol. The van der Waals surface area contributed by atoms with Gasteiger partial charge in [-0.15, -0.1) is 0 Å². The van der Waals surface area contributed by atoms with Crippen LogP contribution in [0.1, 0.15) is 38.2 Å². The number of hydrogen-bond donors (Lipinski definition) is 1. The van der Waals surface area contributed by atoms with Crippen molar-refractivity contribution in [3.05, 3.63) is 35.9 Å². The van der Waals surface area contributed by atoms with Gasteiger partial charge in [-0.05, 0) is 37.7 Å². The van der Waals surface area contributed by atoms with E-state index in [2.05, 4.69) is 0 Å². The van der Waals surface area contributed by atoms with E-state index in [4.69, 9.17) is 9.84 Å². The number of likely N-dealkylation sites (tertiary alicyclic amines) is 1. The van der Waals surface area contributed by atoms with Crippen LogP contribution < -0.4 is 0 Å². The van der Waals surface area contributed by atoms with Crippen LogP contribution >= 0.6 is 0 Å². The Labute approximate surface area is 130 Å². The van der Waals surface area contributed by atoms with E-state index in [1.54, 1.807) is 4.90 Å². The predicted octanol–water partition coefficient (Wildman–Crippen LogP) is 3.29. The minimum Gasteiger partial charge on any atom is -0.481 e. The molecule has 5 nitrogen and oxygen atoms in total. The second-order valence-electron chi connectivity index (χ2n) is 5.92. The lowest BCUT2D eigenvalue weighted by Gasteiger charge is -2.37. The third-order valence-corrected chi connectivity index (χ3v) is 4.19. The number of amides is 1. The number of nitrogens with zero attached hydrogens (tertiary/aromatic N) is 1. The quantitative estimate of drug-likeness (QED) is 0.906. The van der Waals surface area contributed by atoms with Crippen LogP contribution in [-0.2, 0) is 16.1 Å². The Morgan fingerprint density at radius 2 is 2.00 bits per heavy atom. The molecule has 22 heavy (non-hydrogen) atoms. The molecule has 1 fully saturated rings. The molecule has 1 aliphatic rings. The highest BCUT2D eigenvalue weighted by atomic mass is 16.6. The molecular formula is C17H23NO4. The summed E-state index contributed by atoms with van der Waals surface area (Å²) >= 11 is 0. The Bertz CT molecular complexity index is 503. The summed E-state index contributed by atoms with van der Waals surface area (Å²) in [7, 11) is 0. The second-order valence-corrected chi connectivity index (χ2v) is 5.92. The van der Waals surface area contributed by atoms with Crippen molar-refractivity contribution in [1.29, 1.82) is 0 Å². The number of ether oxygens (including phenoxy) is 1. The molecule has 0 spiro atoms. The van der Waals surface area contributed by atoms with E-state index in [0.717, 1.165) is 18.4 Å². The molecule has 1 amide bonds. The fourth-order valence-electron chi connectivity index (χ4n) is 2.80. The number of aliphatic carboxylic acids is 1. The molecule has 2 rings (SSSR count). The summed E-state index contributed by atoms with van der Waals surface area (Å²) in [5, 5.41) is 8.78. The van der Waals surface area contributed by atoms with Gasteiger partial charge >= 0.3 is 12.1 Å². The van der Waals surface area contributed by atoms with Gasteiger partial charge in [0.1, 0.15) is 6.61 Å². The van der Waals surface area contributed by atoms with E-state index < -0.39 is 5.97 Å². The highest BCUT2D eigenvalue weighted by Gasteiger charge is 2.30. The first kappa shape index (κ1) is 16.3. The van der Waals surface area contributed by atoms with Gasteiger partial charge in [0, 0.05) is 19.0 Å². The fraction of sp³-hybridized carbons (Fsp3) is 0.529. The molecule has 1 aromatic carbocycles. The van der Waals surface area contributed by atoms with Gasteiger partial charge in [0.15, 0.2) is 0 Å². The van der Waals surface area contributed by atoms with E-state index in [-0.39, 0.29) is 31.1 Å². The molecule has 0 bridgehead atoms. The van der Waals surface area contributed by atoms with Crippen molar-refractivity contribution in [2.45, 2.75) is 45.3 Å². The Morgan fingerprint density at radius 1 is 1.27 bits per heavy atom. The summed E-state index contributed by atoms with van der Waals surface area (Å²) in [6.07, 6.45) is 2.33. The molecule has 1 aromatic rings. The zero-order valence-corrected chi connectivity index (χ0v) is 12.9. The summed E-state index contributed by atoms with van der Waals surface area (Å²) in [4.78, 5) is 24.7. The molecule has 5 heteroatoms. The first-order valence-electron chi connectivity index (χ1n) is 7.75. The summed E-state index contributed by atoms with van der Waals surface area (Å²) < 4.78 is 5.38. The first-order valence-corrected chi connectivity index (χ1v) is 7.75. The number of piperidine rings is 1. The molecule has 120 valence electrons. The van der Waals surface area contributed by atoms with Crippen LogP contribution in [0.3, 0.4) is 0 Å².